The van der Waals surface area contributed by atoms with Crippen molar-refractivity contribution >= 4 is 10.1 Å². The predicted octanol–water partition coefficient (Wildman–Crippen LogP) is 6.97. The first-order chi connectivity index (χ1) is 17.5. The SMILES string of the molecule is O=S(=O)([O-])C(F)(F)C(F)(F)OC(F)(F)C(F)(F)C(F)(F)C(F)(F)C(F)(F)C(F)(F)C(F)(F)C(F)(F)C(F)(F)C(F)(F)F. The summed E-state index contributed by atoms with van der Waals surface area (Å²) < 4.78 is 356. The molecule has 0 fully saturated rings. The van der Waals surface area contributed by atoms with E-state index in [1.165, 1.54) is 0 Å². The molecule has 0 N–H and O–H groups in total. The van der Waals surface area contributed by atoms with Crippen molar-refractivity contribution in [3.63, 3.8) is 0 Å². The van der Waals surface area contributed by atoms with Gasteiger partial charge in [0.05, 0.1) is 0 Å². The maximum absolute atomic E-state index is 13.5. The van der Waals surface area contributed by atoms with Gasteiger partial charge in [0.1, 0.15) is 0 Å². The summed E-state index contributed by atoms with van der Waals surface area (Å²) in [5.41, 5.74) is 0. The van der Waals surface area contributed by atoms with Crippen LogP contribution < -0.4 is 0 Å². The van der Waals surface area contributed by atoms with Crippen molar-refractivity contribution in [3.05, 3.63) is 0 Å². The van der Waals surface area contributed by atoms with Gasteiger partial charge < -0.3 is 4.55 Å². The molecule has 0 aliphatic heterocycles. The minimum atomic E-state index is -9.66. The molecule has 0 heterocycles. The maximum Gasteiger partial charge on any atom is 0.460 e. The highest BCUT2D eigenvalue weighted by Gasteiger charge is 2.98. The van der Waals surface area contributed by atoms with Crippen LogP contribution >= 0.6 is 0 Å². The molecule has 0 bridgehead atoms. The fraction of sp³-hybridized carbons (Fsp3) is 1.00. The van der Waals surface area contributed by atoms with Gasteiger partial charge in [-0.05, 0) is 0 Å². The summed E-state index contributed by atoms with van der Waals surface area (Å²) in [4.78, 5) is 0. The van der Waals surface area contributed by atoms with Gasteiger partial charge in [-0.15, -0.1) is 0 Å². The summed E-state index contributed by atoms with van der Waals surface area (Å²) in [6.07, 6.45) is -25.1. The van der Waals surface area contributed by atoms with E-state index < -0.39 is 81.1 Å². The van der Waals surface area contributed by atoms with E-state index >= 15 is 0 Å². The Labute approximate surface area is 210 Å². The van der Waals surface area contributed by atoms with Crippen LogP contribution in [0.5, 0.6) is 0 Å². The molecule has 0 saturated carbocycles. The summed E-state index contributed by atoms with van der Waals surface area (Å²) in [6, 6.07) is 0. The first kappa shape index (κ1) is 40.1. The van der Waals surface area contributed by atoms with Crippen LogP contribution in [0.15, 0.2) is 0 Å². The third kappa shape index (κ3) is 4.94. The summed E-state index contributed by atoms with van der Waals surface area (Å²) in [5.74, 6) is -74.9. The average Bonchev–Trinajstić information content (AvgIpc) is 2.69. The van der Waals surface area contributed by atoms with Crippen LogP contribution in [0.1, 0.15) is 0 Å². The lowest BCUT2D eigenvalue weighted by molar-refractivity contribution is -0.507. The quantitative estimate of drug-likeness (QED) is 0.162. The molecule has 30 heteroatoms. The number of hydrogen-bond donors (Lipinski definition) is 0. The molecule has 0 aromatic rings. The lowest BCUT2D eigenvalue weighted by Gasteiger charge is -2.44. The first-order valence-electron chi connectivity index (χ1n) is 8.34. The lowest BCUT2D eigenvalue weighted by Crippen LogP contribution is -2.77. The zero-order valence-electron chi connectivity index (χ0n) is 17.5. The van der Waals surface area contributed by atoms with Crippen molar-refractivity contribution in [2.24, 2.45) is 0 Å². The average molecular weight is 715 g/mol. The molecule has 0 saturated heterocycles. The largest absolute Gasteiger partial charge is 0.743 e. The van der Waals surface area contributed by atoms with Crippen LogP contribution in [0.3, 0.4) is 0 Å². The Morgan fingerprint density at radius 3 is 0.786 bits per heavy atom. The number of alkyl halides is 25. The number of rotatable bonds is 12. The summed E-state index contributed by atoms with van der Waals surface area (Å²) in [7, 11) is -8.12. The van der Waals surface area contributed by atoms with Gasteiger partial charge in [0.15, 0.2) is 10.1 Å². The summed E-state index contributed by atoms with van der Waals surface area (Å²) >= 11 is 0. The molecule has 0 aromatic heterocycles. The van der Waals surface area contributed by atoms with Gasteiger partial charge in [-0.3, -0.25) is 0 Å². The third-order valence-corrected chi connectivity index (χ3v) is 5.26. The molecule has 4 nitrogen and oxygen atoms in total. The highest BCUT2D eigenvalue weighted by molar-refractivity contribution is 7.86. The monoisotopic (exact) mass is 715 g/mol. The Bertz CT molecular complexity index is 1120. The molecular formula is C12F25O4S-. The Balaban J connectivity index is 7.21. The van der Waals surface area contributed by atoms with Crippen LogP contribution in [0.2, 0.25) is 0 Å². The standard InChI is InChI=1S/C12HF25O4S/c13-1(14,3(17,18)5(21,22)7(25,26)9(29,30)31)2(15,16)4(19,20)6(23,24)8(27,28)10(32,33)41-11(34,35)12(36,37)42(38,39)40/h(H,38,39,40)/p-1. The van der Waals surface area contributed by atoms with E-state index in [1.807, 2.05) is 0 Å². The topological polar surface area (TPSA) is 66.4 Å². The molecule has 0 aliphatic rings. The highest BCUT2D eigenvalue weighted by Crippen LogP contribution is 2.66. The summed E-state index contributed by atoms with van der Waals surface area (Å²) in [6.45, 7) is 0. The van der Waals surface area contributed by atoms with Gasteiger partial charge in [0.2, 0.25) is 0 Å². The summed E-state index contributed by atoms with van der Waals surface area (Å²) in [5, 5.41) is -7.80. The second-order valence-electron chi connectivity index (χ2n) is 7.20. The predicted molar refractivity (Wildman–Crippen MR) is 71.3 cm³/mol. The fourth-order valence-electron chi connectivity index (χ4n) is 1.97. The zero-order chi connectivity index (χ0) is 35.2. The van der Waals surface area contributed by atoms with Crippen LogP contribution in [-0.4, -0.2) is 84.0 Å². The van der Waals surface area contributed by atoms with Crippen LogP contribution in [0.4, 0.5) is 110 Å². The first-order valence-corrected chi connectivity index (χ1v) is 9.75. The van der Waals surface area contributed by atoms with Crippen LogP contribution in [0.25, 0.3) is 0 Å². The molecule has 0 atom stereocenters. The van der Waals surface area contributed by atoms with E-state index in [4.69, 9.17) is 0 Å². The van der Waals surface area contributed by atoms with E-state index in [-0.39, 0.29) is 0 Å². The second kappa shape index (κ2) is 9.56. The van der Waals surface area contributed by atoms with Crippen molar-refractivity contribution < 1.29 is 127 Å². The maximum atomic E-state index is 13.5. The van der Waals surface area contributed by atoms with Gasteiger partial charge in [-0.1, -0.05) is 0 Å². The van der Waals surface area contributed by atoms with E-state index in [0.29, 0.717) is 0 Å². The number of ether oxygens (including phenoxy) is 1. The zero-order valence-corrected chi connectivity index (χ0v) is 18.3. The normalized spacial score (nSPS) is 17.1. The van der Waals surface area contributed by atoms with Crippen molar-refractivity contribution in [1.82, 2.24) is 0 Å². The molecule has 0 amide bonds. The van der Waals surface area contributed by atoms with Gasteiger partial charge in [0, 0.05) is 0 Å². The van der Waals surface area contributed by atoms with E-state index in [0.717, 1.165) is 4.74 Å². The minimum absolute atomic E-state index is 0.881. The number of hydrogen-bond acceptors (Lipinski definition) is 4. The van der Waals surface area contributed by atoms with E-state index in [1.54, 1.807) is 0 Å². The molecule has 0 aromatic carbocycles. The molecule has 254 valence electrons. The molecular weight excluding hydrogens is 715 g/mol. The highest BCUT2D eigenvalue weighted by atomic mass is 32.2. The van der Waals surface area contributed by atoms with Crippen molar-refractivity contribution in [3.8, 4) is 0 Å². The number of halogens is 25. The van der Waals surface area contributed by atoms with Gasteiger partial charge in [-0.25, -0.2) is 13.2 Å². The Morgan fingerprint density at radius 2 is 0.571 bits per heavy atom. The Morgan fingerprint density at radius 1 is 0.357 bits per heavy atom. The second-order valence-corrected chi connectivity index (χ2v) is 8.62. The molecule has 0 rings (SSSR count). The Hall–Kier alpha value is -1.88. The third-order valence-electron chi connectivity index (χ3n) is 4.39. The molecule has 0 radical (unpaired) electrons. The van der Waals surface area contributed by atoms with Crippen molar-refractivity contribution in [2.75, 3.05) is 0 Å². The van der Waals surface area contributed by atoms with E-state index in [2.05, 4.69) is 0 Å². The van der Waals surface area contributed by atoms with Crippen molar-refractivity contribution in [2.45, 2.75) is 71.0 Å². The molecule has 0 spiro atoms. The molecule has 0 aliphatic carbocycles. The van der Waals surface area contributed by atoms with Gasteiger partial charge >= 0.3 is 71.0 Å². The van der Waals surface area contributed by atoms with Gasteiger partial charge in [-0.2, -0.15) is 110 Å². The Kier molecular flexibility index (Phi) is 9.13. The molecule has 0 unspecified atom stereocenters. The molecule has 42 heavy (non-hydrogen) atoms. The van der Waals surface area contributed by atoms with Crippen LogP contribution in [-0.2, 0) is 14.9 Å². The minimum Gasteiger partial charge on any atom is -0.743 e. The van der Waals surface area contributed by atoms with Gasteiger partial charge in [0.25, 0.3) is 0 Å². The fourth-order valence-corrected chi connectivity index (χ4v) is 2.31. The van der Waals surface area contributed by atoms with Crippen molar-refractivity contribution in [1.29, 1.82) is 0 Å². The lowest BCUT2D eigenvalue weighted by atomic mass is 9.87. The smallest absolute Gasteiger partial charge is 0.460 e. The van der Waals surface area contributed by atoms with Crippen LogP contribution in [0, 0.1) is 0 Å². The van der Waals surface area contributed by atoms with E-state index in [9.17, 15) is 123 Å².